The molecule has 5 nitrogen and oxygen atoms in total. The van der Waals surface area contributed by atoms with Crippen molar-refractivity contribution in [1.29, 1.82) is 0 Å². The number of aromatic nitrogens is 2. The maximum atomic E-state index is 10.5. The van der Waals surface area contributed by atoms with Gasteiger partial charge in [-0.05, 0) is 26.4 Å². The molecule has 0 radical (unpaired) electrons. The summed E-state index contributed by atoms with van der Waals surface area (Å²) in [4.78, 5) is 23.3. The Morgan fingerprint density at radius 3 is 2.76 bits per heavy atom. The van der Waals surface area contributed by atoms with Gasteiger partial charge < -0.3 is 9.80 Å². The second-order valence-corrected chi connectivity index (χ2v) is 4.59. The van der Waals surface area contributed by atoms with Crippen LogP contribution in [-0.4, -0.2) is 54.4 Å². The molecule has 17 heavy (non-hydrogen) atoms. The molecule has 1 aromatic heterocycles. The highest BCUT2D eigenvalue weighted by atomic mass is 16.1. The standard InChI is InChI=1S/C12H18N4O/c1-15-5-3-4-11(15)8-16(2)12-13-6-10(9-17)7-14-12/h6-7,9,11H,3-5,8H2,1-2H3. The predicted octanol–water partition coefficient (Wildman–Crippen LogP) is 0.819. The van der Waals surface area contributed by atoms with Gasteiger partial charge in [-0.25, -0.2) is 9.97 Å². The second kappa shape index (κ2) is 5.23. The van der Waals surface area contributed by atoms with E-state index in [1.165, 1.54) is 19.4 Å². The lowest BCUT2D eigenvalue weighted by atomic mass is 10.2. The van der Waals surface area contributed by atoms with Gasteiger partial charge in [-0.2, -0.15) is 0 Å². The minimum atomic E-state index is 0.514. The molecular formula is C12H18N4O. The van der Waals surface area contributed by atoms with Crippen LogP contribution < -0.4 is 4.90 Å². The second-order valence-electron chi connectivity index (χ2n) is 4.59. The Bertz CT molecular complexity index is 379. The summed E-state index contributed by atoms with van der Waals surface area (Å²) in [5.41, 5.74) is 0.514. The highest BCUT2D eigenvalue weighted by molar-refractivity contribution is 5.73. The molecule has 0 N–H and O–H groups in total. The number of likely N-dealkylation sites (N-methyl/N-ethyl adjacent to an activating group) is 2. The van der Waals surface area contributed by atoms with Crippen LogP contribution in [0.2, 0.25) is 0 Å². The van der Waals surface area contributed by atoms with Gasteiger partial charge in [-0.15, -0.1) is 0 Å². The van der Waals surface area contributed by atoms with Gasteiger partial charge in [0.1, 0.15) is 0 Å². The van der Waals surface area contributed by atoms with Crippen LogP contribution >= 0.6 is 0 Å². The summed E-state index contributed by atoms with van der Waals surface area (Å²) in [5, 5.41) is 0. The third-order valence-electron chi connectivity index (χ3n) is 3.29. The van der Waals surface area contributed by atoms with Crippen molar-refractivity contribution in [3.05, 3.63) is 18.0 Å². The molecule has 1 aliphatic heterocycles. The number of rotatable bonds is 4. The lowest BCUT2D eigenvalue weighted by Gasteiger charge is -2.25. The lowest BCUT2D eigenvalue weighted by Crippen LogP contribution is -2.37. The van der Waals surface area contributed by atoms with Crippen molar-refractivity contribution in [3.8, 4) is 0 Å². The molecular weight excluding hydrogens is 216 g/mol. The number of hydrogen-bond donors (Lipinski definition) is 0. The fourth-order valence-electron chi connectivity index (χ4n) is 2.20. The monoisotopic (exact) mass is 234 g/mol. The van der Waals surface area contributed by atoms with E-state index in [4.69, 9.17) is 0 Å². The van der Waals surface area contributed by atoms with E-state index in [0.29, 0.717) is 17.6 Å². The molecule has 0 aromatic carbocycles. The zero-order valence-corrected chi connectivity index (χ0v) is 10.3. The molecule has 2 rings (SSSR count). The topological polar surface area (TPSA) is 49.3 Å². The van der Waals surface area contributed by atoms with E-state index in [1.807, 2.05) is 11.9 Å². The summed E-state index contributed by atoms with van der Waals surface area (Å²) >= 11 is 0. The van der Waals surface area contributed by atoms with Gasteiger partial charge in [-0.3, -0.25) is 4.79 Å². The van der Waals surface area contributed by atoms with Gasteiger partial charge in [0.25, 0.3) is 0 Å². The maximum Gasteiger partial charge on any atom is 0.225 e. The predicted molar refractivity (Wildman–Crippen MR) is 66.3 cm³/mol. The normalized spacial score (nSPS) is 20.5. The third kappa shape index (κ3) is 2.79. The zero-order chi connectivity index (χ0) is 12.3. The Labute approximate surface area is 101 Å². The molecule has 5 heteroatoms. The summed E-state index contributed by atoms with van der Waals surface area (Å²) < 4.78 is 0. The van der Waals surface area contributed by atoms with Crippen LogP contribution in [-0.2, 0) is 0 Å². The van der Waals surface area contributed by atoms with Gasteiger partial charge in [-0.1, -0.05) is 0 Å². The average Bonchev–Trinajstić information content (AvgIpc) is 2.75. The highest BCUT2D eigenvalue weighted by Crippen LogP contribution is 2.16. The van der Waals surface area contributed by atoms with Crippen LogP contribution in [0, 0.1) is 0 Å². The number of aldehydes is 1. The van der Waals surface area contributed by atoms with E-state index in [2.05, 4.69) is 21.9 Å². The Hall–Kier alpha value is -1.49. The number of hydrogen-bond acceptors (Lipinski definition) is 5. The molecule has 1 aromatic rings. The summed E-state index contributed by atoms with van der Waals surface area (Å²) in [6.45, 7) is 2.10. The molecule has 0 aliphatic carbocycles. The minimum absolute atomic E-state index is 0.514. The summed E-state index contributed by atoms with van der Waals surface area (Å²) in [5.74, 6) is 0.677. The fraction of sp³-hybridized carbons (Fsp3) is 0.583. The van der Waals surface area contributed by atoms with Crippen LogP contribution in [0.15, 0.2) is 12.4 Å². The molecule has 1 aliphatic rings. The molecule has 0 spiro atoms. The first-order valence-corrected chi connectivity index (χ1v) is 5.89. The van der Waals surface area contributed by atoms with Crippen molar-refractivity contribution < 1.29 is 4.79 Å². The quantitative estimate of drug-likeness (QED) is 0.722. The number of carbonyl (C=O) groups is 1. The van der Waals surface area contributed by atoms with Crippen LogP contribution in [0.4, 0.5) is 5.95 Å². The molecule has 1 atom stereocenters. The highest BCUT2D eigenvalue weighted by Gasteiger charge is 2.22. The van der Waals surface area contributed by atoms with E-state index in [-0.39, 0.29) is 0 Å². The van der Waals surface area contributed by atoms with Crippen molar-refractivity contribution in [2.45, 2.75) is 18.9 Å². The van der Waals surface area contributed by atoms with E-state index >= 15 is 0 Å². The molecule has 1 saturated heterocycles. The first kappa shape index (κ1) is 12.0. The van der Waals surface area contributed by atoms with E-state index < -0.39 is 0 Å². The van der Waals surface area contributed by atoms with Crippen LogP contribution in [0.1, 0.15) is 23.2 Å². The van der Waals surface area contributed by atoms with E-state index in [1.54, 1.807) is 12.4 Å². The number of anilines is 1. The summed E-state index contributed by atoms with van der Waals surface area (Å²) in [6, 6.07) is 0.578. The van der Waals surface area contributed by atoms with Gasteiger partial charge in [0.15, 0.2) is 6.29 Å². The van der Waals surface area contributed by atoms with Gasteiger partial charge in [0, 0.05) is 32.0 Å². The molecule has 1 unspecified atom stereocenters. The Morgan fingerprint density at radius 2 is 2.24 bits per heavy atom. The van der Waals surface area contributed by atoms with Gasteiger partial charge in [0.05, 0.1) is 5.56 Å². The first-order valence-electron chi connectivity index (χ1n) is 5.89. The van der Waals surface area contributed by atoms with Crippen LogP contribution in [0.25, 0.3) is 0 Å². The molecule has 0 bridgehead atoms. The van der Waals surface area contributed by atoms with E-state index in [9.17, 15) is 4.79 Å². The zero-order valence-electron chi connectivity index (χ0n) is 10.3. The van der Waals surface area contributed by atoms with Crippen LogP contribution in [0.5, 0.6) is 0 Å². The van der Waals surface area contributed by atoms with Crippen molar-refractivity contribution in [2.75, 3.05) is 32.1 Å². The third-order valence-corrected chi connectivity index (χ3v) is 3.29. The van der Waals surface area contributed by atoms with Crippen molar-refractivity contribution >= 4 is 12.2 Å². The van der Waals surface area contributed by atoms with Crippen molar-refractivity contribution in [1.82, 2.24) is 14.9 Å². The lowest BCUT2D eigenvalue weighted by molar-refractivity contribution is 0.112. The fourth-order valence-corrected chi connectivity index (χ4v) is 2.20. The largest absolute Gasteiger partial charge is 0.342 e. The Balaban J connectivity index is 1.98. The van der Waals surface area contributed by atoms with Gasteiger partial charge in [0.2, 0.25) is 5.95 Å². The average molecular weight is 234 g/mol. The van der Waals surface area contributed by atoms with Crippen LogP contribution in [0.3, 0.4) is 0 Å². The SMILES string of the molecule is CN(CC1CCCN1C)c1ncc(C=O)cn1. The number of likely N-dealkylation sites (tertiary alicyclic amines) is 1. The molecule has 2 heterocycles. The Morgan fingerprint density at radius 1 is 1.53 bits per heavy atom. The summed E-state index contributed by atoms with van der Waals surface area (Å²) in [7, 11) is 4.14. The van der Waals surface area contributed by atoms with Crippen molar-refractivity contribution in [3.63, 3.8) is 0 Å². The number of nitrogens with zero attached hydrogens (tertiary/aromatic N) is 4. The smallest absolute Gasteiger partial charge is 0.225 e. The summed E-state index contributed by atoms with van der Waals surface area (Å²) in [6.07, 6.45) is 6.37. The molecule has 1 fully saturated rings. The first-order chi connectivity index (χ1) is 8.20. The Kier molecular flexibility index (Phi) is 3.68. The maximum absolute atomic E-state index is 10.5. The molecule has 0 saturated carbocycles. The number of carbonyl (C=O) groups excluding carboxylic acids is 1. The van der Waals surface area contributed by atoms with Crippen molar-refractivity contribution in [2.24, 2.45) is 0 Å². The molecule has 0 amide bonds. The minimum Gasteiger partial charge on any atom is -0.342 e. The van der Waals surface area contributed by atoms with E-state index in [0.717, 1.165) is 12.8 Å². The van der Waals surface area contributed by atoms with Gasteiger partial charge >= 0.3 is 0 Å². The molecule has 92 valence electrons.